The third-order valence-electron chi connectivity index (χ3n) is 1.13. The molecule has 0 fully saturated rings. The third-order valence-corrected chi connectivity index (χ3v) is 1.13. The molecule has 0 saturated carbocycles. The van der Waals surface area contributed by atoms with Gasteiger partial charge in [-0.15, -0.1) is 0 Å². The van der Waals surface area contributed by atoms with E-state index in [0.717, 1.165) is 0 Å². The second kappa shape index (κ2) is 4.26. The van der Waals surface area contributed by atoms with Crippen LogP contribution in [0.4, 0.5) is 0 Å². The normalized spacial score (nSPS) is 8.75. The Bertz CT molecular complexity index is 306. The van der Waals surface area contributed by atoms with Crippen LogP contribution in [0.25, 0.3) is 6.08 Å². The summed E-state index contributed by atoms with van der Waals surface area (Å²) in [7, 11) is 0. The minimum atomic E-state index is 0.418. The lowest BCUT2D eigenvalue weighted by molar-refractivity contribution is 0.325. The van der Waals surface area contributed by atoms with Gasteiger partial charge < -0.3 is 4.74 Å². The van der Waals surface area contributed by atoms with Crippen LogP contribution < -0.4 is 4.74 Å². The number of ether oxygens (including phenoxy) is 1. The molecule has 1 rings (SSSR count). The number of rotatable bonds is 3. The summed E-state index contributed by atoms with van der Waals surface area (Å²) >= 11 is 0. The number of carbonyl (C=O) groups excluding carboxylic acids is 1. The van der Waals surface area contributed by atoms with Crippen LogP contribution >= 0.6 is 0 Å². The van der Waals surface area contributed by atoms with Crippen molar-refractivity contribution in [3.8, 4) is 5.88 Å². The highest BCUT2D eigenvalue weighted by molar-refractivity contribution is 5.72. The second-order valence-corrected chi connectivity index (χ2v) is 1.98. The van der Waals surface area contributed by atoms with Crippen molar-refractivity contribution in [3.63, 3.8) is 0 Å². The third kappa shape index (κ3) is 2.18. The first-order chi connectivity index (χ1) is 5.86. The lowest BCUT2D eigenvalue weighted by Crippen LogP contribution is -1.96. The Morgan fingerprint density at radius 2 is 2.50 bits per heavy atom. The lowest BCUT2D eigenvalue weighted by atomic mass is 10.4. The minimum Gasteiger partial charge on any atom is -0.477 e. The first-order valence-electron chi connectivity index (χ1n) is 3.52. The van der Waals surface area contributed by atoms with Crippen LogP contribution in [0.2, 0.25) is 0 Å². The molecule has 0 bridgehead atoms. The quantitative estimate of drug-likeness (QED) is 0.617. The number of nitrogens with zero attached hydrogens (tertiary/aromatic N) is 2. The second-order valence-electron chi connectivity index (χ2n) is 1.98. The Balaban J connectivity index is 2.87. The van der Waals surface area contributed by atoms with E-state index in [2.05, 4.69) is 9.97 Å². The molecule has 12 heavy (non-hydrogen) atoms. The molecular weight excluding hydrogens is 156 g/mol. The first-order valence-corrected chi connectivity index (χ1v) is 3.52. The van der Waals surface area contributed by atoms with Gasteiger partial charge in [-0.2, -0.15) is 0 Å². The molecule has 0 aliphatic carbocycles. The Morgan fingerprint density at radius 3 is 3.17 bits per heavy atom. The fourth-order valence-corrected chi connectivity index (χ4v) is 0.710. The molecular formula is C8H8N2O2. The first kappa shape index (κ1) is 8.43. The number of hydrogen-bond acceptors (Lipinski definition) is 4. The van der Waals surface area contributed by atoms with Crippen LogP contribution in [0.3, 0.4) is 0 Å². The largest absolute Gasteiger partial charge is 0.477 e. The van der Waals surface area contributed by atoms with Gasteiger partial charge >= 0.3 is 0 Å². The van der Waals surface area contributed by atoms with Crippen LogP contribution in [-0.4, -0.2) is 22.5 Å². The number of aromatic nitrogens is 2. The van der Waals surface area contributed by atoms with Crippen molar-refractivity contribution in [2.45, 2.75) is 6.92 Å². The molecule has 0 atom stereocenters. The van der Waals surface area contributed by atoms with E-state index in [1.165, 1.54) is 18.5 Å². The molecule has 62 valence electrons. The molecule has 0 radical (unpaired) electrons. The molecule has 1 heterocycles. The van der Waals surface area contributed by atoms with Crippen molar-refractivity contribution in [3.05, 3.63) is 18.1 Å². The van der Waals surface area contributed by atoms with E-state index in [4.69, 9.17) is 4.74 Å². The van der Waals surface area contributed by atoms with E-state index in [0.29, 0.717) is 18.2 Å². The summed E-state index contributed by atoms with van der Waals surface area (Å²) in [6.07, 6.45) is 4.16. The lowest BCUT2D eigenvalue weighted by Gasteiger charge is -1.99. The van der Waals surface area contributed by atoms with Crippen LogP contribution in [0.15, 0.2) is 12.4 Å². The summed E-state index contributed by atoms with van der Waals surface area (Å²) in [6.45, 7) is 2.38. The maximum Gasteiger partial charge on any atom is 0.232 e. The molecule has 0 spiro atoms. The smallest absolute Gasteiger partial charge is 0.232 e. The molecule has 0 aromatic carbocycles. The Kier molecular flexibility index (Phi) is 2.99. The van der Waals surface area contributed by atoms with E-state index in [-0.39, 0.29) is 0 Å². The molecule has 0 aliphatic heterocycles. The summed E-state index contributed by atoms with van der Waals surface area (Å²) in [5.41, 5.74) is 0.455. The maximum absolute atomic E-state index is 9.95. The highest BCUT2D eigenvalue weighted by Crippen LogP contribution is 2.04. The topological polar surface area (TPSA) is 52.1 Å². The molecule has 0 N–H and O–H groups in total. The zero-order chi connectivity index (χ0) is 8.81. The fourth-order valence-electron chi connectivity index (χ4n) is 0.710. The molecule has 4 heteroatoms. The minimum absolute atomic E-state index is 0.418. The Hall–Kier alpha value is -1.67. The van der Waals surface area contributed by atoms with Gasteiger partial charge in [-0.05, 0) is 6.92 Å². The van der Waals surface area contributed by atoms with E-state index in [1.807, 2.05) is 6.92 Å². The zero-order valence-corrected chi connectivity index (χ0v) is 6.65. The fraction of sp³-hybridized carbons (Fsp3) is 0.250. The van der Waals surface area contributed by atoms with Gasteiger partial charge in [-0.1, -0.05) is 0 Å². The van der Waals surface area contributed by atoms with E-state index >= 15 is 0 Å². The molecule has 0 amide bonds. The molecule has 1 aromatic heterocycles. The van der Waals surface area contributed by atoms with Crippen LogP contribution in [0.1, 0.15) is 12.6 Å². The summed E-state index contributed by atoms with van der Waals surface area (Å²) in [5.74, 6) is 2.04. The van der Waals surface area contributed by atoms with Crippen LogP contribution in [-0.2, 0) is 4.79 Å². The number of hydrogen-bond donors (Lipinski definition) is 0. The van der Waals surface area contributed by atoms with Crippen LogP contribution in [0.5, 0.6) is 5.88 Å². The van der Waals surface area contributed by atoms with Gasteiger partial charge in [0.1, 0.15) is 5.94 Å². The van der Waals surface area contributed by atoms with E-state index < -0.39 is 0 Å². The molecule has 0 saturated heterocycles. The van der Waals surface area contributed by atoms with Crippen molar-refractivity contribution >= 4 is 12.0 Å². The molecule has 1 aromatic rings. The van der Waals surface area contributed by atoms with Crippen molar-refractivity contribution in [2.24, 2.45) is 0 Å². The van der Waals surface area contributed by atoms with Crippen molar-refractivity contribution < 1.29 is 9.53 Å². The van der Waals surface area contributed by atoms with Gasteiger partial charge in [-0.3, -0.25) is 4.98 Å². The van der Waals surface area contributed by atoms with Gasteiger partial charge in [0.05, 0.1) is 24.7 Å². The molecule has 4 nitrogen and oxygen atoms in total. The van der Waals surface area contributed by atoms with Gasteiger partial charge in [0.15, 0.2) is 0 Å². The van der Waals surface area contributed by atoms with Crippen molar-refractivity contribution in [1.29, 1.82) is 0 Å². The van der Waals surface area contributed by atoms with Gasteiger partial charge in [-0.25, -0.2) is 9.78 Å². The standard InChI is InChI=1S/C8H8N2O2/c1-2-12-8-6-9-5-7(10-8)3-4-11/h3,5-6H,2H2,1H3. The average molecular weight is 164 g/mol. The summed E-state index contributed by atoms with van der Waals surface area (Å²) in [5, 5.41) is 0. The summed E-state index contributed by atoms with van der Waals surface area (Å²) < 4.78 is 5.07. The Labute approximate surface area is 69.9 Å². The van der Waals surface area contributed by atoms with Crippen molar-refractivity contribution in [2.75, 3.05) is 6.61 Å². The molecule has 0 unspecified atom stereocenters. The van der Waals surface area contributed by atoms with E-state index in [1.54, 1.807) is 5.94 Å². The van der Waals surface area contributed by atoms with Gasteiger partial charge in [0.25, 0.3) is 0 Å². The highest BCUT2D eigenvalue weighted by Gasteiger charge is 1.94. The SMILES string of the molecule is CCOc1cncc(C=C=O)n1. The van der Waals surface area contributed by atoms with E-state index in [9.17, 15) is 4.79 Å². The average Bonchev–Trinajstić information content (AvgIpc) is 2.06. The van der Waals surface area contributed by atoms with Crippen molar-refractivity contribution in [1.82, 2.24) is 9.97 Å². The zero-order valence-electron chi connectivity index (χ0n) is 6.65. The predicted octanol–water partition coefficient (Wildman–Crippen LogP) is 0.720. The monoisotopic (exact) mass is 164 g/mol. The molecule has 0 aliphatic rings. The maximum atomic E-state index is 9.95. The highest BCUT2D eigenvalue weighted by atomic mass is 16.5. The van der Waals surface area contributed by atoms with Gasteiger partial charge in [0.2, 0.25) is 5.88 Å². The summed E-state index contributed by atoms with van der Waals surface area (Å²) in [6, 6.07) is 0. The van der Waals surface area contributed by atoms with Crippen LogP contribution in [0, 0.1) is 0 Å². The predicted molar refractivity (Wildman–Crippen MR) is 43.4 cm³/mol. The van der Waals surface area contributed by atoms with Gasteiger partial charge in [0, 0.05) is 6.08 Å². The summed E-state index contributed by atoms with van der Waals surface area (Å²) in [4.78, 5) is 17.7. The Morgan fingerprint density at radius 1 is 1.67 bits per heavy atom.